The smallest absolute Gasteiger partial charge is 0.424 e. The highest BCUT2D eigenvalue weighted by Crippen LogP contribution is 2.18. The molecule has 0 aromatic heterocycles. The van der Waals surface area contributed by atoms with Crippen LogP contribution in [0, 0.1) is 0 Å². The standard InChI is InChI=1S/C8H15NO4S/c1-6-5-12-14(11)9(6)7(10)13-8(2,3)4/h6H,5H2,1-4H3/i1D3,5D2,6D. The lowest BCUT2D eigenvalue weighted by Gasteiger charge is -2.24. The predicted molar refractivity (Wildman–Crippen MR) is 51.6 cm³/mol. The Hall–Kier alpha value is -0.620. The fraction of sp³-hybridized carbons (Fsp3) is 0.875. The van der Waals surface area contributed by atoms with Crippen LogP contribution in [0.15, 0.2) is 0 Å². The number of hydrogen-bond acceptors (Lipinski definition) is 4. The second kappa shape index (κ2) is 3.86. The fourth-order valence-electron chi connectivity index (χ4n) is 0.684. The normalized spacial score (nSPS) is 43.9. The third-order valence-electron chi connectivity index (χ3n) is 1.12. The number of ether oxygens (including phenoxy) is 1. The lowest BCUT2D eigenvalue weighted by Crippen LogP contribution is -2.39. The van der Waals surface area contributed by atoms with E-state index in [2.05, 4.69) is 4.18 Å². The summed E-state index contributed by atoms with van der Waals surface area (Å²) in [6.07, 6.45) is -1.40. The molecule has 0 aromatic rings. The van der Waals surface area contributed by atoms with Crippen molar-refractivity contribution in [2.45, 2.75) is 39.2 Å². The van der Waals surface area contributed by atoms with Crippen LogP contribution in [-0.4, -0.2) is 32.8 Å². The van der Waals surface area contributed by atoms with E-state index in [1.807, 2.05) is 0 Å². The van der Waals surface area contributed by atoms with Crippen LogP contribution in [0.5, 0.6) is 0 Å². The van der Waals surface area contributed by atoms with Crippen LogP contribution in [0.1, 0.15) is 35.8 Å². The van der Waals surface area contributed by atoms with E-state index in [4.69, 9.17) is 13.0 Å². The molecule has 0 N–H and O–H groups in total. The lowest BCUT2D eigenvalue weighted by atomic mass is 10.2. The van der Waals surface area contributed by atoms with Crippen molar-refractivity contribution in [1.29, 1.82) is 0 Å². The van der Waals surface area contributed by atoms with Gasteiger partial charge < -0.3 is 4.74 Å². The van der Waals surface area contributed by atoms with Crippen LogP contribution in [-0.2, 0) is 20.2 Å². The first-order chi connectivity index (χ1) is 8.63. The number of carbonyl (C=O) groups is 1. The van der Waals surface area contributed by atoms with Crippen molar-refractivity contribution in [1.82, 2.24) is 4.31 Å². The molecule has 82 valence electrons. The Bertz CT molecular complexity index is 447. The fourth-order valence-corrected chi connectivity index (χ4v) is 1.25. The minimum absolute atomic E-state index is 0.0365. The molecule has 0 bridgehead atoms. The molecule has 1 aliphatic rings. The molecule has 6 heteroatoms. The van der Waals surface area contributed by atoms with Gasteiger partial charge in [-0.3, -0.25) is 4.18 Å². The van der Waals surface area contributed by atoms with Crippen LogP contribution in [0.3, 0.4) is 0 Å². The van der Waals surface area contributed by atoms with Gasteiger partial charge >= 0.3 is 6.09 Å². The quantitative estimate of drug-likeness (QED) is 0.624. The van der Waals surface area contributed by atoms with Crippen LogP contribution in [0.25, 0.3) is 0 Å². The summed E-state index contributed by atoms with van der Waals surface area (Å²) in [6.45, 7) is -1.97. The molecule has 1 rings (SSSR count). The van der Waals surface area contributed by atoms with Crippen molar-refractivity contribution < 1.29 is 26.1 Å². The summed E-state index contributed by atoms with van der Waals surface area (Å²) in [6, 6.07) is -3.17. The molecule has 0 aliphatic carbocycles. The summed E-state index contributed by atoms with van der Waals surface area (Å²) < 4.78 is 65.3. The van der Waals surface area contributed by atoms with Crippen molar-refractivity contribution in [3.05, 3.63) is 0 Å². The zero-order valence-electron chi connectivity index (χ0n) is 14.0. The average Bonchev–Trinajstić information content (AvgIpc) is 2.28. The molecular weight excluding hydrogens is 206 g/mol. The van der Waals surface area contributed by atoms with E-state index >= 15 is 0 Å². The third kappa shape index (κ3) is 2.68. The number of rotatable bonds is 0. The third-order valence-corrected chi connectivity index (χ3v) is 1.98. The lowest BCUT2D eigenvalue weighted by molar-refractivity contribution is 0.0372. The Morgan fingerprint density at radius 1 is 1.86 bits per heavy atom. The molecule has 0 saturated carbocycles. The Kier molecular flexibility index (Phi) is 1.51. The Morgan fingerprint density at radius 3 is 3.00 bits per heavy atom. The van der Waals surface area contributed by atoms with Gasteiger partial charge in [-0.2, -0.15) is 4.31 Å². The van der Waals surface area contributed by atoms with E-state index in [1.165, 1.54) is 20.8 Å². The molecular formula is C8H15NO4S. The maximum Gasteiger partial charge on any atom is 0.424 e. The molecule has 2 atom stereocenters. The highest BCUT2D eigenvalue weighted by atomic mass is 32.2. The van der Waals surface area contributed by atoms with Crippen LogP contribution < -0.4 is 0 Å². The van der Waals surface area contributed by atoms with Crippen molar-refractivity contribution in [3.8, 4) is 0 Å². The Morgan fingerprint density at radius 2 is 2.50 bits per heavy atom. The second-order valence-corrected chi connectivity index (χ2v) is 4.49. The van der Waals surface area contributed by atoms with Crippen molar-refractivity contribution in [2.75, 3.05) is 6.56 Å². The number of carbonyl (C=O) groups excluding carboxylic acids is 1. The van der Waals surface area contributed by atoms with E-state index in [-0.39, 0.29) is 4.31 Å². The van der Waals surface area contributed by atoms with E-state index in [9.17, 15) is 9.00 Å². The van der Waals surface area contributed by atoms with Gasteiger partial charge in [-0.15, -0.1) is 0 Å². The summed E-state index contributed by atoms with van der Waals surface area (Å²) in [7, 11) is 0. The van der Waals surface area contributed by atoms with Crippen LogP contribution in [0.4, 0.5) is 4.79 Å². The van der Waals surface area contributed by atoms with Gasteiger partial charge in [0.25, 0.3) is 11.3 Å². The molecule has 1 aliphatic heterocycles. The molecule has 0 spiro atoms. The van der Waals surface area contributed by atoms with Gasteiger partial charge in [0.05, 0.1) is 16.7 Å². The second-order valence-electron chi connectivity index (χ2n) is 3.53. The molecule has 1 amide bonds. The van der Waals surface area contributed by atoms with E-state index in [1.54, 1.807) is 0 Å². The van der Waals surface area contributed by atoms with E-state index < -0.39 is 42.4 Å². The molecule has 0 radical (unpaired) electrons. The predicted octanol–water partition coefficient (Wildman–Crippen LogP) is 1.22. The van der Waals surface area contributed by atoms with Gasteiger partial charge in [-0.05, 0) is 27.6 Å². The van der Waals surface area contributed by atoms with Crippen LogP contribution >= 0.6 is 0 Å². The van der Waals surface area contributed by atoms with Crippen molar-refractivity contribution >= 4 is 17.4 Å². The first-order valence-corrected chi connectivity index (χ1v) is 4.81. The number of nitrogens with zero attached hydrogens (tertiary/aromatic N) is 1. The zero-order valence-corrected chi connectivity index (χ0v) is 8.80. The van der Waals surface area contributed by atoms with Gasteiger partial charge in [0.2, 0.25) is 0 Å². The molecule has 1 fully saturated rings. The minimum atomic E-state index is -3.29. The SMILES string of the molecule is [2H]C([2H])([2H])C1([2H])N(C(=O)OC(C)(C)C)S(=O)OC1([2H])[2H]. The molecule has 0 aromatic carbocycles. The summed E-state index contributed by atoms with van der Waals surface area (Å²) in [4.78, 5) is 11.9. The summed E-state index contributed by atoms with van der Waals surface area (Å²) in [5.41, 5.74) is -1.04. The maximum absolute atomic E-state index is 11.9. The van der Waals surface area contributed by atoms with Crippen molar-refractivity contribution in [3.63, 3.8) is 0 Å². The molecule has 14 heavy (non-hydrogen) atoms. The summed E-state index contributed by atoms with van der Waals surface area (Å²) in [5.74, 6) is 0. The minimum Gasteiger partial charge on any atom is -0.443 e. The Labute approximate surface area is 94.6 Å². The molecule has 1 heterocycles. The number of hydrogen-bond donors (Lipinski definition) is 0. The van der Waals surface area contributed by atoms with Gasteiger partial charge in [0.15, 0.2) is 0 Å². The highest BCUT2D eigenvalue weighted by Gasteiger charge is 2.36. The van der Waals surface area contributed by atoms with Gasteiger partial charge in [0.1, 0.15) is 5.60 Å². The van der Waals surface area contributed by atoms with E-state index in [0.29, 0.717) is 0 Å². The summed E-state index contributed by atoms with van der Waals surface area (Å²) >= 11 is -2.77. The van der Waals surface area contributed by atoms with Gasteiger partial charge in [-0.1, -0.05) is 0 Å². The van der Waals surface area contributed by atoms with E-state index in [0.717, 1.165) is 0 Å². The molecule has 1 saturated heterocycles. The van der Waals surface area contributed by atoms with Gasteiger partial charge in [0, 0.05) is 4.11 Å². The zero-order chi connectivity index (χ0) is 16.1. The topological polar surface area (TPSA) is 55.8 Å². The molecule has 2 unspecified atom stereocenters. The first kappa shape index (κ1) is 5.46. The number of amides is 1. The first-order valence-electron chi connectivity index (χ1n) is 6.78. The Balaban J connectivity index is 3.29. The monoisotopic (exact) mass is 227 g/mol. The van der Waals surface area contributed by atoms with Crippen LogP contribution in [0.2, 0.25) is 0 Å². The maximum atomic E-state index is 11.9. The average molecular weight is 227 g/mol. The van der Waals surface area contributed by atoms with Crippen molar-refractivity contribution in [2.24, 2.45) is 0 Å². The molecule has 5 nitrogen and oxygen atoms in total. The van der Waals surface area contributed by atoms with Gasteiger partial charge in [-0.25, -0.2) is 9.00 Å². The summed E-state index contributed by atoms with van der Waals surface area (Å²) in [5, 5.41) is 0. The highest BCUT2D eigenvalue weighted by molar-refractivity contribution is 7.78. The largest absolute Gasteiger partial charge is 0.443 e.